The second-order valence-corrected chi connectivity index (χ2v) is 2.94. The van der Waals surface area contributed by atoms with E-state index < -0.39 is 0 Å². The summed E-state index contributed by atoms with van der Waals surface area (Å²) < 4.78 is 0. The second-order valence-electron chi connectivity index (χ2n) is 2.94. The van der Waals surface area contributed by atoms with E-state index in [4.69, 9.17) is 5.73 Å². The molecule has 2 heteroatoms. The summed E-state index contributed by atoms with van der Waals surface area (Å²) in [6.45, 7) is 9.37. The highest BCUT2D eigenvalue weighted by atomic mass is 14.9. The third-order valence-electron chi connectivity index (χ3n) is 1.82. The number of hydrogen-bond acceptors (Lipinski definition) is 2. The van der Waals surface area contributed by atoms with E-state index in [1.807, 2.05) is 31.2 Å². The van der Waals surface area contributed by atoms with E-state index in [9.17, 15) is 0 Å². The molecule has 1 aromatic rings. The third kappa shape index (κ3) is 2.37. The minimum Gasteiger partial charge on any atom is -0.398 e. The molecule has 0 aliphatic rings. The normalized spacial score (nSPS) is 9.31. The molecule has 0 atom stereocenters. The van der Waals surface area contributed by atoms with Crippen molar-refractivity contribution in [3.63, 3.8) is 0 Å². The zero-order valence-electron chi connectivity index (χ0n) is 7.80. The molecule has 0 spiro atoms. The van der Waals surface area contributed by atoms with Crippen LogP contribution >= 0.6 is 0 Å². The minimum atomic E-state index is 0.461. The summed E-state index contributed by atoms with van der Waals surface area (Å²) in [6.07, 6.45) is 0. The highest BCUT2D eigenvalue weighted by Crippen LogP contribution is 2.15. The van der Waals surface area contributed by atoms with Gasteiger partial charge in [-0.1, -0.05) is 31.4 Å². The van der Waals surface area contributed by atoms with Crippen LogP contribution in [0.25, 0.3) is 0 Å². The molecule has 3 N–H and O–H groups in total. The quantitative estimate of drug-likeness (QED) is 0.690. The molecule has 0 saturated carbocycles. The van der Waals surface area contributed by atoms with Crippen LogP contribution < -0.4 is 11.1 Å². The molecule has 2 nitrogen and oxygen atoms in total. The lowest BCUT2D eigenvalue weighted by Gasteiger charge is -2.10. The Morgan fingerprint density at radius 3 is 2.46 bits per heavy atom. The SMILES string of the molecule is C=C(N)C(=C)Nc1ccccc1C. The molecular weight excluding hydrogens is 160 g/mol. The highest BCUT2D eigenvalue weighted by Gasteiger charge is 1.98. The van der Waals surface area contributed by atoms with Gasteiger partial charge < -0.3 is 11.1 Å². The fraction of sp³-hybridized carbons (Fsp3) is 0.0909. The van der Waals surface area contributed by atoms with Crippen molar-refractivity contribution >= 4 is 5.69 Å². The van der Waals surface area contributed by atoms with Crippen LogP contribution in [-0.2, 0) is 0 Å². The van der Waals surface area contributed by atoms with Crippen LogP contribution in [0.1, 0.15) is 5.56 Å². The van der Waals surface area contributed by atoms with Crippen molar-refractivity contribution in [3.8, 4) is 0 Å². The van der Waals surface area contributed by atoms with Crippen LogP contribution in [0.5, 0.6) is 0 Å². The number of anilines is 1. The summed E-state index contributed by atoms with van der Waals surface area (Å²) in [5.41, 5.74) is 8.76. The maximum atomic E-state index is 5.48. The summed E-state index contributed by atoms with van der Waals surface area (Å²) in [6, 6.07) is 7.95. The monoisotopic (exact) mass is 174 g/mol. The van der Waals surface area contributed by atoms with Crippen molar-refractivity contribution in [2.75, 3.05) is 5.32 Å². The van der Waals surface area contributed by atoms with Gasteiger partial charge in [0.25, 0.3) is 0 Å². The average Bonchev–Trinajstić information content (AvgIpc) is 2.08. The number of hydrogen-bond donors (Lipinski definition) is 2. The Kier molecular flexibility index (Phi) is 2.75. The standard InChI is InChI=1S/C11H14N2/c1-8-6-4-5-7-11(8)13-10(3)9(2)12/h4-7,13H,2-3,12H2,1H3. The summed E-state index contributed by atoms with van der Waals surface area (Å²) in [5, 5.41) is 3.09. The first-order valence-electron chi connectivity index (χ1n) is 4.07. The molecule has 13 heavy (non-hydrogen) atoms. The van der Waals surface area contributed by atoms with Gasteiger partial charge in [-0.2, -0.15) is 0 Å². The molecule has 1 rings (SSSR count). The molecule has 0 radical (unpaired) electrons. The van der Waals surface area contributed by atoms with Crippen LogP contribution in [0.3, 0.4) is 0 Å². The van der Waals surface area contributed by atoms with E-state index in [0.717, 1.165) is 11.3 Å². The van der Waals surface area contributed by atoms with Crippen molar-refractivity contribution in [2.24, 2.45) is 5.73 Å². The van der Waals surface area contributed by atoms with Gasteiger partial charge in [-0.3, -0.25) is 0 Å². The van der Waals surface area contributed by atoms with E-state index >= 15 is 0 Å². The van der Waals surface area contributed by atoms with Gasteiger partial charge in [0.2, 0.25) is 0 Å². The highest BCUT2D eigenvalue weighted by molar-refractivity contribution is 5.56. The van der Waals surface area contributed by atoms with Crippen LogP contribution in [-0.4, -0.2) is 0 Å². The predicted octanol–water partition coefficient (Wildman–Crippen LogP) is 2.39. The van der Waals surface area contributed by atoms with Gasteiger partial charge in [-0.25, -0.2) is 0 Å². The Morgan fingerprint density at radius 1 is 1.31 bits per heavy atom. The van der Waals surface area contributed by atoms with Gasteiger partial charge in [0.1, 0.15) is 0 Å². The number of nitrogens with two attached hydrogens (primary N) is 1. The number of nitrogens with one attached hydrogen (secondary N) is 1. The lowest BCUT2D eigenvalue weighted by molar-refractivity contribution is 1.30. The third-order valence-corrected chi connectivity index (χ3v) is 1.82. The van der Waals surface area contributed by atoms with Gasteiger partial charge in [0, 0.05) is 11.4 Å². The van der Waals surface area contributed by atoms with E-state index in [1.54, 1.807) is 0 Å². The Hall–Kier alpha value is -1.70. The molecule has 0 unspecified atom stereocenters. The molecule has 0 aromatic heterocycles. The van der Waals surface area contributed by atoms with Crippen molar-refractivity contribution in [1.82, 2.24) is 0 Å². The van der Waals surface area contributed by atoms with Crippen molar-refractivity contribution < 1.29 is 0 Å². The topological polar surface area (TPSA) is 38.0 Å². The Labute approximate surface area is 78.8 Å². The Balaban J connectivity index is 2.81. The van der Waals surface area contributed by atoms with Crippen LogP contribution in [0.4, 0.5) is 5.69 Å². The minimum absolute atomic E-state index is 0.461. The number of aryl methyl sites for hydroxylation is 1. The predicted molar refractivity (Wildman–Crippen MR) is 57.3 cm³/mol. The molecule has 0 saturated heterocycles. The molecule has 0 aliphatic heterocycles. The van der Waals surface area contributed by atoms with Crippen molar-refractivity contribution in [1.29, 1.82) is 0 Å². The molecular formula is C11H14N2. The van der Waals surface area contributed by atoms with Crippen molar-refractivity contribution in [2.45, 2.75) is 6.92 Å². The van der Waals surface area contributed by atoms with E-state index in [2.05, 4.69) is 18.5 Å². The van der Waals surface area contributed by atoms with E-state index in [0.29, 0.717) is 11.4 Å². The Morgan fingerprint density at radius 2 is 1.92 bits per heavy atom. The maximum absolute atomic E-state index is 5.48. The van der Waals surface area contributed by atoms with E-state index in [1.165, 1.54) is 0 Å². The molecule has 0 fully saturated rings. The van der Waals surface area contributed by atoms with Crippen LogP contribution in [0.2, 0.25) is 0 Å². The first-order valence-corrected chi connectivity index (χ1v) is 4.07. The molecule has 1 aromatic carbocycles. The van der Waals surface area contributed by atoms with E-state index in [-0.39, 0.29) is 0 Å². The van der Waals surface area contributed by atoms with Crippen molar-refractivity contribution in [3.05, 3.63) is 54.4 Å². The lowest BCUT2D eigenvalue weighted by atomic mass is 10.2. The number of rotatable bonds is 3. The van der Waals surface area contributed by atoms with Gasteiger partial charge in [0.15, 0.2) is 0 Å². The van der Waals surface area contributed by atoms with Crippen LogP contribution in [0.15, 0.2) is 48.8 Å². The fourth-order valence-corrected chi connectivity index (χ4v) is 0.956. The summed E-state index contributed by atoms with van der Waals surface area (Å²) >= 11 is 0. The zero-order valence-corrected chi connectivity index (χ0v) is 7.80. The average molecular weight is 174 g/mol. The molecule has 68 valence electrons. The van der Waals surface area contributed by atoms with Crippen LogP contribution in [0, 0.1) is 6.92 Å². The Bertz CT molecular complexity index is 340. The zero-order chi connectivity index (χ0) is 9.84. The maximum Gasteiger partial charge on any atom is 0.0538 e. The lowest BCUT2D eigenvalue weighted by Crippen LogP contribution is -2.07. The first-order chi connectivity index (χ1) is 6.11. The van der Waals surface area contributed by atoms with Gasteiger partial charge in [-0.05, 0) is 18.6 Å². The number of para-hydroxylation sites is 1. The molecule has 0 amide bonds. The summed E-state index contributed by atoms with van der Waals surface area (Å²) in [4.78, 5) is 0. The summed E-state index contributed by atoms with van der Waals surface area (Å²) in [5.74, 6) is 0. The number of benzene rings is 1. The molecule has 0 aliphatic carbocycles. The fourth-order valence-electron chi connectivity index (χ4n) is 0.956. The first kappa shape index (κ1) is 9.39. The van der Waals surface area contributed by atoms with Gasteiger partial charge in [-0.15, -0.1) is 0 Å². The smallest absolute Gasteiger partial charge is 0.0538 e. The molecule has 0 bridgehead atoms. The summed E-state index contributed by atoms with van der Waals surface area (Å²) in [7, 11) is 0. The van der Waals surface area contributed by atoms with Gasteiger partial charge in [0.05, 0.1) is 5.70 Å². The molecule has 0 heterocycles. The second kappa shape index (κ2) is 3.81. The van der Waals surface area contributed by atoms with Gasteiger partial charge >= 0.3 is 0 Å². The largest absolute Gasteiger partial charge is 0.398 e.